The summed E-state index contributed by atoms with van der Waals surface area (Å²) in [7, 11) is 0. The molecule has 0 bridgehead atoms. The largest absolute Gasteiger partial charge is 0.396 e. The number of para-hydroxylation sites is 1. The van der Waals surface area contributed by atoms with Gasteiger partial charge in [0, 0.05) is 6.54 Å². The fraction of sp³-hybridized carbons (Fsp3) is 0.571. The Morgan fingerprint density at radius 2 is 2.33 bits per heavy atom. The van der Waals surface area contributed by atoms with Crippen LogP contribution in [0.2, 0.25) is 5.02 Å². The molecular formula is C14H21ClN2O. The highest BCUT2D eigenvalue weighted by Crippen LogP contribution is 2.33. The Hall–Kier alpha value is -0.930. The summed E-state index contributed by atoms with van der Waals surface area (Å²) in [5.74, 6) is 0.585. The van der Waals surface area contributed by atoms with E-state index in [9.17, 15) is 5.11 Å². The second-order valence-corrected chi connectivity index (χ2v) is 5.89. The lowest BCUT2D eigenvalue weighted by Crippen LogP contribution is -2.41. The zero-order valence-corrected chi connectivity index (χ0v) is 11.5. The number of nitrogens with one attached hydrogen (secondary N) is 1. The van der Waals surface area contributed by atoms with Crippen LogP contribution in [0.5, 0.6) is 0 Å². The van der Waals surface area contributed by atoms with Gasteiger partial charge in [-0.25, -0.2) is 0 Å². The second-order valence-electron chi connectivity index (χ2n) is 5.48. The zero-order chi connectivity index (χ0) is 13.2. The summed E-state index contributed by atoms with van der Waals surface area (Å²) in [6, 6.07) is 5.50. The van der Waals surface area contributed by atoms with E-state index in [1.807, 2.05) is 12.1 Å². The number of aliphatic hydroxyl groups is 1. The number of benzene rings is 1. The molecule has 0 spiro atoms. The van der Waals surface area contributed by atoms with Crippen molar-refractivity contribution in [1.82, 2.24) is 0 Å². The molecular weight excluding hydrogens is 248 g/mol. The van der Waals surface area contributed by atoms with Gasteiger partial charge < -0.3 is 16.2 Å². The molecule has 4 heteroatoms. The van der Waals surface area contributed by atoms with Crippen molar-refractivity contribution >= 4 is 23.0 Å². The second kappa shape index (κ2) is 5.37. The van der Waals surface area contributed by atoms with Crippen LogP contribution in [0, 0.1) is 5.92 Å². The van der Waals surface area contributed by atoms with Crippen LogP contribution in [-0.4, -0.2) is 17.3 Å². The molecule has 3 nitrogen and oxygen atoms in total. The van der Waals surface area contributed by atoms with Gasteiger partial charge in [-0.3, -0.25) is 0 Å². The van der Waals surface area contributed by atoms with Gasteiger partial charge in [-0.1, -0.05) is 37.4 Å². The minimum absolute atomic E-state index is 0.530. The molecule has 0 saturated heterocycles. The topological polar surface area (TPSA) is 58.3 Å². The molecule has 1 fully saturated rings. The molecule has 0 aliphatic heterocycles. The predicted molar refractivity (Wildman–Crippen MR) is 76.9 cm³/mol. The van der Waals surface area contributed by atoms with Gasteiger partial charge in [-0.15, -0.1) is 0 Å². The molecule has 1 aromatic carbocycles. The van der Waals surface area contributed by atoms with Gasteiger partial charge in [0.15, 0.2) is 0 Å². The SMILES string of the molecule is CC1CCCC(O)(CNc2cccc(Cl)c2N)C1. The summed E-state index contributed by atoms with van der Waals surface area (Å²) in [6.45, 7) is 2.72. The molecule has 0 radical (unpaired) electrons. The van der Waals surface area contributed by atoms with Crippen molar-refractivity contribution < 1.29 is 5.11 Å². The summed E-state index contributed by atoms with van der Waals surface area (Å²) in [5, 5.41) is 14.3. The van der Waals surface area contributed by atoms with Crippen LogP contribution in [0.25, 0.3) is 0 Å². The van der Waals surface area contributed by atoms with E-state index in [0.29, 0.717) is 23.2 Å². The molecule has 4 N–H and O–H groups in total. The van der Waals surface area contributed by atoms with Crippen molar-refractivity contribution in [1.29, 1.82) is 0 Å². The normalized spacial score (nSPS) is 28.1. The fourth-order valence-electron chi connectivity index (χ4n) is 2.74. The van der Waals surface area contributed by atoms with E-state index in [1.54, 1.807) is 6.07 Å². The summed E-state index contributed by atoms with van der Waals surface area (Å²) >= 11 is 5.97. The van der Waals surface area contributed by atoms with Crippen LogP contribution in [0.4, 0.5) is 11.4 Å². The van der Waals surface area contributed by atoms with Crippen molar-refractivity contribution in [3.05, 3.63) is 23.2 Å². The molecule has 2 atom stereocenters. The van der Waals surface area contributed by atoms with E-state index >= 15 is 0 Å². The molecule has 2 rings (SSSR count). The van der Waals surface area contributed by atoms with Gasteiger partial charge in [0.05, 0.1) is 22.0 Å². The zero-order valence-electron chi connectivity index (χ0n) is 10.7. The average molecular weight is 269 g/mol. The van der Waals surface area contributed by atoms with Crippen molar-refractivity contribution in [3.8, 4) is 0 Å². The van der Waals surface area contributed by atoms with Gasteiger partial charge in [-0.2, -0.15) is 0 Å². The molecule has 1 aliphatic rings. The number of nitrogens with two attached hydrogens (primary N) is 1. The highest BCUT2D eigenvalue weighted by atomic mass is 35.5. The monoisotopic (exact) mass is 268 g/mol. The quantitative estimate of drug-likeness (QED) is 0.738. The molecule has 0 amide bonds. The number of rotatable bonds is 3. The van der Waals surface area contributed by atoms with E-state index in [0.717, 1.165) is 24.9 Å². The third-order valence-corrected chi connectivity index (χ3v) is 4.06. The van der Waals surface area contributed by atoms with E-state index in [4.69, 9.17) is 17.3 Å². The maximum Gasteiger partial charge on any atom is 0.0821 e. The number of hydrogen-bond donors (Lipinski definition) is 3. The average Bonchev–Trinajstić information content (AvgIpc) is 2.31. The van der Waals surface area contributed by atoms with Gasteiger partial charge >= 0.3 is 0 Å². The number of anilines is 2. The lowest BCUT2D eigenvalue weighted by Gasteiger charge is -2.36. The lowest BCUT2D eigenvalue weighted by molar-refractivity contribution is -0.000747. The molecule has 0 aromatic heterocycles. The van der Waals surface area contributed by atoms with Crippen LogP contribution >= 0.6 is 11.6 Å². The Kier molecular flexibility index (Phi) is 4.03. The number of hydrogen-bond acceptors (Lipinski definition) is 3. The Bertz CT molecular complexity index is 424. The lowest BCUT2D eigenvalue weighted by atomic mass is 9.79. The highest BCUT2D eigenvalue weighted by Gasteiger charge is 2.32. The van der Waals surface area contributed by atoms with Crippen molar-refractivity contribution in [2.45, 2.75) is 38.2 Å². The molecule has 1 aromatic rings. The first-order valence-corrected chi connectivity index (χ1v) is 6.88. The first-order valence-electron chi connectivity index (χ1n) is 6.50. The Balaban J connectivity index is 2.00. The minimum Gasteiger partial charge on any atom is -0.396 e. The molecule has 18 heavy (non-hydrogen) atoms. The first kappa shape index (κ1) is 13.5. The minimum atomic E-state index is -0.619. The molecule has 2 unspecified atom stereocenters. The van der Waals surface area contributed by atoms with Crippen molar-refractivity contribution in [3.63, 3.8) is 0 Å². The number of nitrogen functional groups attached to an aromatic ring is 1. The first-order chi connectivity index (χ1) is 8.50. The summed E-state index contributed by atoms with van der Waals surface area (Å²) in [4.78, 5) is 0. The van der Waals surface area contributed by atoms with Gasteiger partial charge in [-0.05, 0) is 30.9 Å². The van der Waals surface area contributed by atoms with Crippen molar-refractivity contribution in [2.75, 3.05) is 17.6 Å². The molecule has 1 aliphatic carbocycles. The van der Waals surface area contributed by atoms with Crippen LogP contribution in [0.1, 0.15) is 32.6 Å². The van der Waals surface area contributed by atoms with Gasteiger partial charge in [0.2, 0.25) is 0 Å². The van der Waals surface area contributed by atoms with Gasteiger partial charge in [0.25, 0.3) is 0 Å². The van der Waals surface area contributed by atoms with E-state index in [1.165, 1.54) is 6.42 Å². The van der Waals surface area contributed by atoms with Crippen LogP contribution in [-0.2, 0) is 0 Å². The highest BCUT2D eigenvalue weighted by molar-refractivity contribution is 6.33. The molecule has 1 saturated carbocycles. The van der Waals surface area contributed by atoms with Crippen LogP contribution in [0.15, 0.2) is 18.2 Å². The Labute approximate surface area is 113 Å². The van der Waals surface area contributed by atoms with Crippen LogP contribution < -0.4 is 11.1 Å². The van der Waals surface area contributed by atoms with Gasteiger partial charge in [0.1, 0.15) is 0 Å². The smallest absolute Gasteiger partial charge is 0.0821 e. The van der Waals surface area contributed by atoms with E-state index in [-0.39, 0.29) is 0 Å². The third-order valence-electron chi connectivity index (χ3n) is 3.73. The fourth-order valence-corrected chi connectivity index (χ4v) is 2.92. The molecule has 100 valence electrons. The van der Waals surface area contributed by atoms with E-state index < -0.39 is 5.60 Å². The Morgan fingerprint density at radius 1 is 1.56 bits per heavy atom. The third kappa shape index (κ3) is 3.09. The molecule has 0 heterocycles. The maximum absolute atomic E-state index is 10.5. The summed E-state index contributed by atoms with van der Waals surface area (Å²) in [6.07, 6.45) is 4.00. The Morgan fingerprint density at radius 3 is 3.06 bits per heavy atom. The predicted octanol–water partition coefficient (Wildman–Crippen LogP) is 3.28. The standard InChI is InChI=1S/C14H21ClN2O/c1-10-4-3-7-14(18,8-10)9-17-12-6-2-5-11(15)13(12)16/h2,5-6,10,17-18H,3-4,7-9,16H2,1H3. The number of halogens is 1. The van der Waals surface area contributed by atoms with Crippen LogP contribution in [0.3, 0.4) is 0 Å². The summed E-state index contributed by atoms with van der Waals surface area (Å²) < 4.78 is 0. The van der Waals surface area contributed by atoms with Crippen molar-refractivity contribution in [2.24, 2.45) is 5.92 Å². The maximum atomic E-state index is 10.5. The summed E-state index contributed by atoms with van der Waals surface area (Å²) in [5.41, 5.74) is 6.62. The van der Waals surface area contributed by atoms with E-state index in [2.05, 4.69) is 12.2 Å².